The fourth-order valence-electron chi connectivity index (χ4n) is 2.73. The second kappa shape index (κ2) is 5.37. The van der Waals surface area contributed by atoms with E-state index in [-0.39, 0.29) is 22.4 Å². The molecule has 0 spiro atoms. The van der Waals surface area contributed by atoms with Gasteiger partial charge in [-0.15, -0.1) is 0 Å². The summed E-state index contributed by atoms with van der Waals surface area (Å²) in [6, 6.07) is 6.64. The highest BCUT2D eigenvalue weighted by atomic mass is 32.2. The van der Waals surface area contributed by atoms with Crippen molar-refractivity contribution in [1.82, 2.24) is 5.32 Å². The molecule has 1 aromatic carbocycles. The Morgan fingerprint density at radius 3 is 2.24 bits per heavy atom. The van der Waals surface area contributed by atoms with E-state index in [1.54, 1.807) is 24.3 Å². The van der Waals surface area contributed by atoms with Gasteiger partial charge >= 0.3 is 0 Å². The zero-order valence-electron chi connectivity index (χ0n) is 12.5. The quantitative estimate of drug-likeness (QED) is 0.900. The smallest absolute Gasteiger partial charge is 0.175 e. The van der Waals surface area contributed by atoms with E-state index < -0.39 is 25.2 Å². The van der Waals surface area contributed by atoms with E-state index in [9.17, 15) is 16.8 Å². The third-order valence-electron chi connectivity index (χ3n) is 3.88. The Kier molecular flexibility index (Phi) is 4.21. The maximum absolute atomic E-state index is 11.6. The van der Waals surface area contributed by atoms with Crippen molar-refractivity contribution in [3.05, 3.63) is 29.8 Å². The second-order valence-electron chi connectivity index (χ2n) is 6.11. The molecule has 0 aromatic heterocycles. The van der Waals surface area contributed by atoms with Gasteiger partial charge in [-0.3, -0.25) is 0 Å². The molecular weight excluding hydrogens is 310 g/mol. The van der Waals surface area contributed by atoms with Crippen LogP contribution in [0.3, 0.4) is 0 Å². The topological polar surface area (TPSA) is 80.3 Å². The van der Waals surface area contributed by atoms with Crippen LogP contribution in [0, 0.1) is 0 Å². The number of sulfone groups is 2. The monoisotopic (exact) mass is 331 g/mol. The van der Waals surface area contributed by atoms with E-state index in [1.807, 2.05) is 13.8 Å². The molecule has 2 atom stereocenters. The van der Waals surface area contributed by atoms with Gasteiger partial charge in [0.2, 0.25) is 0 Å². The van der Waals surface area contributed by atoms with Crippen LogP contribution in [-0.4, -0.2) is 40.1 Å². The van der Waals surface area contributed by atoms with Crippen LogP contribution in [0.2, 0.25) is 0 Å². The highest BCUT2D eigenvalue weighted by Gasteiger charge is 2.38. The van der Waals surface area contributed by atoms with Crippen molar-refractivity contribution in [3.8, 4) is 0 Å². The molecule has 1 aromatic rings. The van der Waals surface area contributed by atoms with Crippen molar-refractivity contribution in [1.29, 1.82) is 0 Å². The summed E-state index contributed by atoms with van der Waals surface area (Å²) in [7, 11) is -6.14. The van der Waals surface area contributed by atoms with Crippen LogP contribution in [0.15, 0.2) is 29.2 Å². The predicted molar refractivity (Wildman–Crippen MR) is 82.8 cm³/mol. The van der Waals surface area contributed by atoms with Gasteiger partial charge in [0.25, 0.3) is 0 Å². The Morgan fingerprint density at radius 1 is 1.24 bits per heavy atom. The van der Waals surface area contributed by atoms with Crippen molar-refractivity contribution in [3.63, 3.8) is 0 Å². The van der Waals surface area contributed by atoms with Gasteiger partial charge in [-0.2, -0.15) is 0 Å². The molecule has 1 fully saturated rings. The predicted octanol–water partition coefficient (Wildman–Crippen LogP) is 1.32. The highest BCUT2D eigenvalue weighted by molar-refractivity contribution is 7.91. The van der Waals surface area contributed by atoms with Crippen molar-refractivity contribution in [2.75, 3.05) is 17.8 Å². The zero-order valence-corrected chi connectivity index (χ0v) is 14.1. The van der Waals surface area contributed by atoms with Gasteiger partial charge < -0.3 is 5.32 Å². The van der Waals surface area contributed by atoms with Gasteiger partial charge in [0.15, 0.2) is 19.7 Å². The summed E-state index contributed by atoms with van der Waals surface area (Å²) < 4.78 is 46.1. The molecule has 1 aliphatic heterocycles. The van der Waals surface area contributed by atoms with Crippen molar-refractivity contribution < 1.29 is 16.8 Å². The van der Waals surface area contributed by atoms with Gasteiger partial charge in [-0.05, 0) is 38.0 Å². The Bertz CT molecular complexity index is 723. The first-order valence-electron chi connectivity index (χ1n) is 6.79. The Morgan fingerprint density at radius 2 is 1.81 bits per heavy atom. The van der Waals surface area contributed by atoms with Crippen LogP contribution in [-0.2, 0) is 19.7 Å². The second-order valence-corrected chi connectivity index (χ2v) is 10.3. The number of benzene rings is 1. The van der Waals surface area contributed by atoms with Crippen LogP contribution in [0.5, 0.6) is 0 Å². The summed E-state index contributed by atoms with van der Waals surface area (Å²) in [6.07, 6.45) is 1.77. The largest absolute Gasteiger partial charge is 0.304 e. The van der Waals surface area contributed by atoms with Crippen LogP contribution >= 0.6 is 0 Å². The SMILES string of the molecule is CC(NC1(C)CCS(=O)(=O)C1)c1ccc(S(C)(=O)=O)cc1. The molecule has 2 unspecified atom stereocenters. The molecule has 0 aliphatic carbocycles. The standard InChI is InChI=1S/C14H21NO4S2/c1-11(15-14(2)8-9-21(18,19)10-14)12-4-6-13(7-5-12)20(3,16)17/h4-7,11,15H,8-10H2,1-3H3. The zero-order chi connectivity index (χ0) is 15.9. The number of hydrogen-bond acceptors (Lipinski definition) is 5. The summed E-state index contributed by atoms with van der Waals surface area (Å²) >= 11 is 0. The molecule has 7 heteroatoms. The summed E-state index contributed by atoms with van der Waals surface area (Å²) in [4.78, 5) is 0.285. The third kappa shape index (κ3) is 4.05. The molecule has 21 heavy (non-hydrogen) atoms. The average Bonchev–Trinajstić information content (AvgIpc) is 2.62. The minimum atomic E-state index is -3.19. The summed E-state index contributed by atoms with van der Waals surface area (Å²) in [5.74, 6) is 0.363. The molecule has 118 valence electrons. The van der Waals surface area contributed by atoms with Gasteiger partial charge in [0.1, 0.15) is 0 Å². The Labute approximate surface area is 126 Å². The van der Waals surface area contributed by atoms with Crippen LogP contribution in [0.4, 0.5) is 0 Å². The van der Waals surface area contributed by atoms with Gasteiger partial charge in [0.05, 0.1) is 16.4 Å². The molecule has 1 heterocycles. The molecule has 1 N–H and O–H groups in total. The fraction of sp³-hybridized carbons (Fsp3) is 0.571. The lowest BCUT2D eigenvalue weighted by molar-refractivity contribution is 0.355. The number of rotatable bonds is 4. The fourth-order valence-corrected chi connectivity index (χ4v) is 5.47. The molecule has 1 aliphatic rings. The van der Waals surface area contributed by atoms with Crippen LogP contribution in [0.25, 0.3) is 0 Å². The molecule has 2 rings (SSSR count). The highest BCUT2D eigenvalue weighted by Crippen LogP contribution is 2.27. The molecular formula is C14H21NO4S2. The lowest BCUT2D eigenvalue weighted by Crippen LogP contribution is -2.44. The van der Waals surface area contributed by atoms with Gasteiger partial charge in [-0.25, -0.2) is 16.8 Å². The maximum Gasteiger partial charge on any atom is 0.175 e. The third-order valence-corrected chi connectivity index (χ3v) is 6.91. The average molecular weight is 331 g/mol. The van der Waals surface area contributed by atoms with Crippen molar-refractivity contribution in [2.45, 2.75) is 36.7 Å². The molecule has 0 radical (unpaired) electrons. The summed E-state index contributed by atoms with van der Waals surface area (Å²) in [6.45, 7) is 3.87. The minimum absolute atomic E-state index is 0.0445. The van der Waals surface area contributed by atoms with Crippen molar-refractivity contribution >= 4 is 19.7 Å². The number of hydrogen-bond donors (Lipinski definition) is 1. The Hall–Kier alpha value is -0.920. The molecule has 0 amide bonds. The Balaban J connectivity index is 2.13. The molecule has 0 saturated carbocycles. The van der Waals surface area contributed by atoms with Gasteiger partial charge in [0, 0.05) is 17.8 Å². The maximum atomic E-state index is 11.6. The first-order chi connectivity index (χ1) is 9.51. The minimum Gasteiger partial charge on any atom is -0.304 e. The van der Waals surface area contributed by atoms with Gasteiger partial charge in [-0.1, -0.05) is 12.1 Å². The van der Waals surface area contributed by atoms with E-state index in [0.717, 1.165) is 5.56 Å². The lowest BCUT2D eigenvalue weighted by Gasteiger charge is -2.29. The first kappa shape index (κ1) is 16.5. The van der Waals surface area contributed by atoms with Crippen molar-refractivity contribution in [2.24, 2.45) is 0 Å². The normalized spacial score (nSPS) is 26.6. The first-order valence-corrected chi connectivity index (χ1v) is 10.5. The van der Waals surface area contributed by atoms with E-state index >= 15 is 0 Å². The summed E-state index contributed by atoms with van der Waals surface area (Å²) in [5.41, 5.74) is 0.515. The summed E-state index contributed by atoms with van der Waals surface area (Å²) in [5, 5.41) is 3.36. The van der Waals surface area contributed by atoms with E-state index in [0.29, 0.717) is 6.42 Å². The van der Waals surface area contributed by atoms with Crippen LogP contribution < -0.4 is 5.32 Å². The molecule has 5 nitrogen and oxygen atoms in total. The number of nitrogens with one attached hydrogen (secondary N) is 1. The van der Waals surface area contributed by atoms with E-state index in [2.05, 4.69) is 5.32 Å². The molecule has 1 saturated heterocycles. The molecule has 0 bridgehead atoms. The van der Waals surface area contributed by atoms with Crippen LogP contribution in [0.1, 0.15) is 31.9 Å². The lowest BCUT2D eigenvalue weighted by atomic mass is 9.98. The van der Waals surface area contributed by atoms with E-state index in [1.165, 1.54) is 6.26 Å². The van der Waals surface area contributed by atoms with E-state index in [4.69, 9.17) is 0 Å².